The van der Waals surface area contributed by atoms with Crippen LogP contribution < -0.4 is 4.74 Å². The molecule has 0 amide bonds. The van der Waals surface area contributed by atoms with Crippen molar-refractivity contribution in [1.82, 2.24) is 4.31 Å². The first-order valence-electron chi connectivity index (χ1n) is 6.73. The summed E-state index contributed by atoms with van der Waals surface area (Å²) in [6.07, 6.45) is 3.64. The molecule has 0 N–H and O–H groups in total. The van der Waals surface area contributed by atoms with Gasteiger partial charge in [-0.3, -0.25) is 4.79 Å². The van der Waals surface area contributed by atoms with Crippen molar-refractivity contribution in [2.45, 2.75) is 12.8 Å². The van der Waals surface area contributed by atoms with Gasteiger partial charge in [-0.05, 0) is 52.9 Å². The second-order valence-corrected chi connectivity index (χ2v) is 8.06. The van der Waals surface area contributed by atoms with Gasteiger partial charge in [-0.2, -0.15) is 0 Å². The lowest BCUT2D eigenvalue weighted by atomic mass is 9.99. The van der Waals surface area contributed by atoms with E-state index in [0.29, 0.717) is 36.9 Å². The van der Waals surface area contributed by atoms with Crippen molar-refractivity contribution in [3.63, 3.8) is 0 Å². The molecule has 0 saturated carbocycles. The van der Waals surface area contributed by atoms with Gasteiger partial charge in [0.05, 0.1) is 17.3 Å². The van der Waals surface area contributed by atoms with Crippen LogP contribution in [0, 0.1) is 5.92 Å². The van der Waals surface area contributed by atoms with Crippen LogP contribution in [0.2, 0.25) is 0 Å². The molecule has 21 heavy (non-hydrogen) atoms. The van der Waals surface area contributed by atoms with Gasteiger partial charge in [-0.25, -0.2) is 12.7 Å². The number of piperidine rings is 1. The van der Waals surface area contributed by atoms with Crippen LogP contribution in [0.3, 0.4) is 0 Å². The summed E-state index contributed by atoms with van der Waals surface area (Å²) in [4.78, 5) is 10.7. The van der Waals surface area contributed by atoms with E-state index in [1.165, 1.54) is 10.6 Å². The monoisotopic (exact) mass is 375 g/mol. The number of halogens is 1. The van der Waals surface area contributed by atoms with Gasteiger partial charge >= 0.3 is 0 Å². The molecule has 1 heterocycles. The Labute approximate surface area is 133 Å². The fraction of sp³-hybridized carbons (Fsp3) is 0.500. The van der Waals surface area contributed by atoms with Gasteiger partial charge < -0.3 is 4.74 Å². The molecule has 0 bridgehead atoms. The molecule has 1 aromatic rings. The molecule has 1 aromatic carbocycles. The van der Waals surface area contributed by atoms with Gasteiger partial charge in [0.25, 0.3) is 0 Å². The minimum atomic E-state index is -3.08. The summed E-state index contributed by atoms with van der Waals surface area (Å²) in [5, 5.41) is 0. The van der Waals surface area contributed by atoms with Crippen molar-refractivity contribution < 1.29 is 17.9 Å². The minimum Gasteiger partial charge on any atom is -0.492 e. The Kier molecular flexibility index (Phi) is 5.40. The lowest BCUT2D eigenvalue weighted by Gasteiger charge is -2.30. The highest BCUT2D eigenvalue weighted by atomic mass is 79.9. The van der Waals surface area contributed by atoms with Crippen molar-refractivity contribution in [3.05, 3.63) is 28.2 Å². The van der Waals surface area contributed by atoms with Crippen molar-refractivity contribution >= 4 is 32.2 Å². The largest absolute Gasteiger partial charge is 0.492 e. The van der Waals surface area contributed by atoms with Crippen LogP contribution in [-0.4, -0.2) is 45.0 Å². The van der Waals surface area contributed by atoms with E-state index in [2.05, 4.69) is 15.9 Å². The molecule has 116 valence electrons. The average molecular weight is 376 g/mol. The maximum atomic E-state index is 11.4. The lowest BCUT2D eigenvalue weighted by Crippen LogP contribution is -2.39. The highest BCUT2D eigenvalue weighted by Gasteiger charge is 2.25. The summed E-state index contributed by atoms with van der Waals surface area (Å²) in [6, 6.07) is 5.19. The second kappa shape index (κ2) is 6.89. The number of nitrogens with zero attached hydrogens (tertiary/aromatic N) is 1. The quantitative estimate of drug-likeness (QED) is 0.740. The molecule has 1 fully saturated rings. The van der Waals surface area contributed by atoms with E-state index in [-0.39, 0.29) is 0 Å². The molecule has 1 saturated heterocycles. The third kappa shape index (κ3) is 4.52. The number of sulfonamides is 1. The predicted octanol–water partition coefficient (Wildman–Crippen LogP) is 2.31. The number of hydrogen-bond acceptors (Lipinski definition) is 4. The van der Waals surface area contributed by atoms with E-state index < -0.39 is 10.0 Å². The molecular weight excluding hydrogens is 358 g/mol. The van der Waals surface area contributed by atoms with E-state index >= 15 is 0 Å². The molecule has 0 atom stereocenters. The molecule has 5 nitrogen and oxygen atoms in total. The number of benzene rings is 1. The molecular formula is C14H18BrNO4S. The molecule has 1 aliphatic heterocycles. The fourth-order valence-corrected chi connectivity index (χ4v) is 3.71. The third-order valence-corrected chi connectivity index (χ3v) is 5.53. The highest BCUT2D eigenvalue weighted by Crippen LogP contribution is 2.27. The molecule has 2 rings (SSSR count). The van der Waals surface area contributed by atoms with Crippen molar-refractivity contribution in [3.8, 4) is 5.75 Å². The molecule has 0 aliphatic carbocycles. The first kappa shape index (κ1) is 16.5. The smallest absolute Gasteiger partial charge is 0.211 e. The fourth-order valence-electron chi connectivity index (χ4n) is 2.32. The maximum Gasteiger partial charge on any atom is 0.211 e. The Balaban J connectivity index is 1.86. The van der Waals surface area contributed by atoms with Crippen LogP contribution in [0.5, 0.6) is 5.75 Å². The van der Waals surface area contributed by atoms with Crippen LogP contribution >= 0.6 is 15.9 Å². The van der Waals surface area contributed by atoms with Gasteiger partial charge in [0.2, 0.25) is 10.0 Å². The SMILES string of the molecule is CS(=O)(=O)N1CCC(COc2ccc(C=O)cc2Br)CC1. The number of carbonyl (C=O) groups excluding carboxylic acids is 1. The third-order valence-electron chi connectivity index (χ3n) is 3.61. The zero-order chi connectivity index (χ0) is 15.5. The molecule has 7 heteroatoms. The van der Waals surface area contributed by atoms with Gasteiger partial charge in [0, 0.05) is 18.7 Å². The molecule has 0 spiro atoms. The van der Waals surface area contributed by atoms with Crippen molar-refractivity contribution in [2.75, 3.05) is 26.0 Å². The van der Waals surface area contributed by atoms with Gasteiger partial charge in [-0.1, -0.05) is 0 Å². The number of ether oxygens (including phenoxy) is 1. The number of carbonyl (C=O) groups is 1. The van der Waals surface area contributed by atoms with Gasteiger partial charge in [-0.15, -0.1) is 0 Å². The summed E-state index contributed by atoms with van der Waals surface area (Å²) in [6.45, 7) is 1.66. The van der Waals surface area contributed by atoms with Crippen LogP contribution in [0.25, 0.3) is 0 Å². The Morgan fingerprint density at radius 3 is 2.57 bits per heavy atom. The second-order valence-electron chi connectivity index (χ2n) is 5.22. The van der Waals surface area contributed by atoms with E-state index in [0.717, 1.165) is 23.6 Å². The standard InChI is InChI=1S/C14H18BrNO4S/c1-21(18,19)16-6-4-11(5-7-16)10-20-14-3-2-12(9-17)8-13(14)15/h2-3,8-9,11H,4-7,10H2,1H3. The Hall–Kier alpha value is -0.920. The molecule has 0 aromatic heterocycles. The number of rotatable bonds is 5. The average Bonchev–Trinajstić information content (AvgIpc) is 2.45. The van der Waals surface area contributed by atoms with Gasteiger partial charge in [0.15, 0.2) is 0 Å². The van der Waals surface area contributed by atoms with Crippen molar-refractivity contribution in [1.29, 1.82) is 0 Å². The minimum absolute atomic E-state index is 0.348. The van der Waals surface area contributed by atoms with Crippen LogP contribution in [0.15, 0.2) is 22.7 Å². The first-order valence-corrected chi connectivity index (χ1v) is 9.37. The predicted molar refractivity (Wildman–Crippen MR) is 84.2 cm³/mol. The van der Waals surface area contributed by atoms with Crippen LogP contribution in [0.1, 0.15) is 23.2 Å². The zero-order valence-corrected chi connectivity index (χ0v) is 14.2. The topological polar surface area (TPSA) is 63.7 Å². The number of hydrogen-bond donors (Lipinski definition) is 0. The van der Waals surface area contributed by atoms with Crippen molar-refractivity contribution in [2.24, 2.45) is 5.92 Å². The van der Waals surface area contributed by atoms with Gasteiger partial charge in [0.1, 0.15) is 12.0 Å². The Morgan fingerprint density at radius 2 is 2.05 bits per heavy atom. The number of aldehydes is 1. The molecule has 0 radical (unpaired) electrons. The Bertz CT molecular complexity index is 609. The molecule has 0 unspecified atom stereocenters. The molecule has 1 aliphatic rings. The van der Waals surface area contributed by atoms with E-state index in [4.69, 9.17) is 4.74 Å². The zero-order valence-electron chi connectivity index (χ0n) is 11.8. The summed E-state index contributed by atoms with van der Waals surface area (Å²) in [5.41, 5.74) is 0.593. The summed E-state index contributed by atoms with van der Waals surface area (Å²) < 4.78 is 30.9. The van der Waals surface area contributed by atoms with E-state index in [1.807, 2.05) is 0 Å². The van der Waals surface area contributed by atoms with Crippen LogP contribution in [-0.2, 0) is 10.0 Å². The summed E-state index contributed by atoms with van der Waals surface area (Å²) in [5.74, 6) is 1.05. The van der Waals surface area contributed by atoms with Crippen LogP contribution in [0.4, 0.5) is 0 Å². The summed E-state index contributed by atoms with van der Waals surface area (Å²) >= 11 is 3.38. The first-order chi connectivity index (χ1) is 9.90. The lowest BCUT2D eigenvalue weighted by molar-refractivity contribution is 0.112. The maximum absolute atomic E-state index is 11.4. The Morgan fingerprint density at radius 1 is 1.38 bits per heavy atom. The normalized spacial score (nSPS) is 17.6. The highest BCUT2D eigenvalue weighted by molar-refractivity contribution is 9.10. The summed E-state index contributed by atoms with van der Waals surface area (Å²) in [7, 11) is -3.08. The van der Waals surface area contributed by atoms with E-state index in [9.17, 15) is 13.2 Å². The van der Waals surface area contributed by atoms with E-state index in [1.54, 1.807) is 18.2 Å².